The van der Waals surface area contributed by atoms with Gasteiger partial charge in [-0.05, 0) is 49.2 Å². The number of rotatable bonds is 7. The average molecular weight is 372 g/mol. The van der Waals surface area contributed by atoms with Gasteiger partial charge in [-0.1, -0.05) is 6.07 Å². The van der Waals surface area contributed by atoms with Crippen LogP contribution in [0.25, 0.3) is 0 Å². The number of hydrogen-bond acceptors (Lipinski definition) is 4. The lowest BCUT2D eigenvalue weighted by molar-refractivity contribution is 0.193. The number of carbonyl (C=O) groups is 1. The Morgan fingerprint density at radius 1 is 1.07 bits per heavy atom. The smallest absolute Gasteiger partial charge is 0.317 e. The summed E-state index contributed by atoms with van der Waals surface area (Å²) >= 11 is 0. The molecule has 1 aliphatic rings. The first-order valence-corrected chi connectivity index (χ1v) is 9.29. The summed E-state index contributed by atoms with van der Waals surface area (Å²) in [5.41, 5.74) is 0. The van der Waals surface area contributed by atoms with Gasteiger partial charge in [0.2, 0.25) is 0 Å². The number of halogens is 1. The number of urea groups is 1. The maximum atomic E-state index is 12.8. The molecular formula is C20H25FN4O2. The minimum Gasteiger partial charge on any atom is -0.494 e. The number of pyridine rings is 1. The zero-order valence-electron chi connectivity index (χ0n) is 15.3. The maximum Gasteiger partial charge on any atom is 0.317 e. The van der Waals surface area contributed by atoms with Gasteiger partial charge in [-0.3, -0.25) is 0 Å². The molecule has 1 aromatic heterocycles. The van der Waals surface area contributed by atoms with Crippen molar-refractivity contribution in [2.45, 2.75) is 12.8 Å². The summed E-state index contributed by atoms with van der Waals surface area (Å²) in [6, 6.07) is 11.8. The van der Waals surface area contributed by atoms with Crippen LogP contribution in [0.2, 0.25) is 0 Å². The van der Waals surface area contributed by atoms with Crippen molar-refractivity contribution in [3.8, 4) is 5.75 Å². The molecule has 7 heteroatoms. The highest BCUT2D eigenvalue weighted by atomic mass is 19.1. The molecule has 0 spiro atoms. The number of carbonyl (C=O) groups excluding carboxylic acids is 1. The molecule has 0 saturated carbocycles. The van der Waals surface area contributed by atoms with Crippen LogP contribution in [0.3, 0.4) is 0 Å². The lowest BCUT2D eigenvalue weighted by atomic mass is 10.3. The lowest BCUT2D eigenvalue weighted by Crippen LogP contribution is -2.52. The van der Waals surface area contributed by atoms with Crippen LogP contribution in [0.1, 0.15) is 12.8 Å². The number of nitrogens with one attached hydrogen (secondary N) is 1. The van der Waals surface area contributed by atoms with Crippen LogP contribution in [-0.2, 0) is 0 Å². The van der Waals surface area contributed by atoms with Gasteiger partial charge >= 0.3 is 6.03 Å². The lowest BCUT2D eigenvalue weighted by Gasteiger charge is -2.35. The van der Waals surface area contributed by atoms with Crippen LogP contribution in [0.15, 0.2) is 48.7 Å². The number of unbranched alkanes of at least 4 members (excludes halogenated alkanes) is 1. The molecule has 27 heavy (non-hydrogen) atoms. The number of hydrogen-bond donors (Lipinski definition) is 1. The minimum absolute atomic E-state index is 0.0184. The number of nitrogens with zero attached hydrogens (tertiary/aromatic N) is 3. The maximum absolute atomic E-state index is 12.8. The van der Waals surface area contributed by atoms with Crippen molar-refractivity contribution < 1.29 is 13.9 Å². The Balaban J connectivity index is 1.27. The molecule has 144 valence electrons. The zero-order valence-corrected chi connectivity index (χ0v) is 15.3. The molecule has 3 rings (SSSR count). The molecule has 0 atom stereocenters. The molecule has 1 aromatic carbocycles. The molecule has 2 aromatic rings. The van der Waals surface area contributed by atoms with E-state index in [1.807, 2.05) is 23.1 Å². The van der Waals surface area contributed by atoms with Crippen LogP contribution in [0.4, 0.5) is 15.0 Å². The average Bonchev–Trinajstić information content (AvgIpc) is 2.72. The Bertz CT molecular complexity index is 704. The van der Waals surface area contributed by atoms with E-state index in [-0.39, 0.29) is 11.8 Å². The van der Waals surface area contributed by atoms with Gasteiger partial charge < -0.3 is 19.9 Å². The Hall–Kier alpha value is -2.83. The number of anilines is 1. The predicted molar refractivity (Wildman–Crippen MR) is 103 cm³/mol. The van der Waals surface area contributed by atoms with Crippen molar-refractivity contribution in [2.75, 3.05) is 44.2 Å². The molecule has 2 heterocycles. The monoisotopic (exact) mass is 372 g/mol. The fraction of sp³-hybridized carbons (Fsp3) is 0.400. The number of aromatic nitrogens is 1. The minimum atomic E-state index is -0.272. The summed E-state index contributed by atoms with van der Waals surface area (Å²) in [6.45, 7) is 4.12. The summed E-state index contributed by atoms with van der Waals surface area (Å²) in [7, 11) is 0. The number of benzene rings is 1. The van der Waals surface area contributed by atoms with Gasteiger partial charge in [0, 0.05) is 38.9 Å². The standard InChI is InChI=1S/C20H25FN4O2/c21-17-6-8-18(9-7-17)27-16-4-3-11-23-20(26)25-14-12-24(13-15-25)19-5-1-2-10-22-19/h1-2,5-10H,3-4,11-16H2,(H,23,26). The SMILES string of the molecule is O=C(NCCCCOc1ccc(F)cc1)N1CCN(c2ccccn2)CC1. The van der Waals surface area contributed by atoms with Gasteiger partial charge in [-0.15, -0.1) is 0 Å². The first-order chi connectivity index (χ1) is 13.2. The van der Waals surface area contributed by atoms with Gasteiger partial charge in [-0.2, -0.15) is 0 Å². The highest BCUT2D eigenvalue weighted by molar-refractivity contribution is 5.74. The molecule has 0 aliphatic carbocycles. The number of amides is 2. The van der Waals surface area contributed by atoms with E-state index in [1.54, 1.807) is 18.3 Å². The van der Waals surface area contributed by atoms with E-state index in [0.717, 1.165) is 31.7 Å². The molecular weight excluding hydrogens is 347 g/mol. The summed E-state index contributed by atoms with van der Waals surface area (Å²) in [4.78, 5) is 20.6. The topological polar surface area (TPSA) is 57.7 Å². The van der Waals surface area contributed by atoms with E-state index in [0.29, 0.717) is 32.0 Å². The van der Waals surface area contributed by atoms with Crippen molar-refractivity contribution in [3.05, 3.63) is 54.5 Å². The van der Waals surface area contributed by atoms with Crippen molar-refractivity contribution in [3.63, 3.8) is 0 Å². The Morgan fingerprint density at radius 3 is 2.56 bits per heavy atom. The molecule has 0 radical (unpaired) electrons. The summed E-state index contributed by atoms with van der Waals surface area (Å²) in [5.74, 6) is 1.34. The Labute approximate surface area is 158 Å². The largest absolute Gasteiger partial charge is 0.494 e. The second kappa shape index (κ2) is 9.75. The molecule has 6 nitrogen and oxygen atoms in total. The highest BCUT2D eigenvalue weighted by Crippen LogP contribution is 2.13. The van der Waals surface area contributed by atoms with Crippen molar-refractivity contribution in [1.29, 1.82) is 0 Å². The van der Waals surface area contributed by atoms with E-state index in [4.69, 9.17) is 4.74 Å². The van der Waals surface area contributed by atoms with E-state index in [2.05, 4.69) is 15.2 Å². The zero-order chi connectivity index (χ0) is 18.9. The van der Waals surface area contributed by atoms with Gasteiger partial charge in [0.05, 0.1) is 6.61 Å². The molecule has 2 amide bonds. The van der Waals surface area contributed by atoms with E-state index in [1.165, 1.54) is 12.1 Å². The van der Waals surface area contributed by atoms with Gasteiger partial charge in [0.15, 0.2) is 0 Å². The first kappa shape index (κ1) is 18.9. The van der Waals surface area contributed by atoms with E-state index >= 15 is 0 Å². The molecule has 1 fully saturated rings. The third kappa shape index (κ3) is 5.84. The van der Waals surface area contributed by atoms with Crippen LogP contribution in [0.5, 0.6) is 5.75 Å². The fourth-order valence-corrected chi connectivity index (χ4v) is 2.93. The third-order valence-corrected chi connectivity index (χ3v) is 4.47. The molecule has 1 saturated heterocycles. The van der Waals surface area contributed by atoms with E-state index < -0.39 is 0 Å². The van der Waals surface area contributed by atoms with Crippen molar-refractivity contribution in [1.82, 2.24) is 15.2 Å². The number of piperazine rings is 1. The fourth-order valence-electron chi connectivity index (χ4n) is 2.93. The Kier molecular flexibility index (Phi) is 6.84. The van der Waals surface area contributed by atoms with Crippen LogP contribution in [-0.4, -0.2) is 55.2 Å². The summed E-state index contributed by atoms with van der Waals surface area (Å²) < 4.78 is 18.3. The van der Waals surface area contributed by atoms with Crippen LogP contribution in [0, 0.1) is 5.82 Å². The quantitative estimate of drug-likeness (QED) is 0.760. The molecule has 1 N–H and O–H groups in total. The van der Waals surface area contributed by atoms with Gasteiger partial charge in [0.1, 0.15) is 17.4 Å². The second-order valence-corrected chi connectivity index (χ2v) is 6.40. The molecule has 1 aliphatic heterocycles. The number of ether oxygens (including phenoxy) is 1. The first-order valence-electron chi connectivity index (χ1n) is 9.29. The summed E-state index contributed by atoms with van der Waals surface area (Å²) in [5, 5.41) is 2.96. The normalized spacial score (nSPS) is 14.1. The van der Waals surface area contributed by atoms with Gasteiger partial charge in [0.25, 0.3) is 0 Å². The highest BCUT2D eigenvalue weighted by Gasteiger charge is 2.21. The predicted octanol–water partition coefficient (Wildman–Crippen LogP) is 2.91. The third-order valence-electron chi connectivity index (χ3n) is 4.47. The Morgan fingerprint density at radius 2 is 1.85 bits per heavy atom. The van der Waals surface area contributed by atoms with Crippen LogP contribution < -0.4 is 15.0 Å². The van der Waals surface area contributed by atoms with Crippen LogP contribution >= 0.6 is 0 Å². The molecule has 0 bridgehead atoms. The van der Waals surface area contributed by atoms with Gasteiger partial charge in [-0.25, -0.2) is 14.2 Å². The van der Waals surface area contributed by atoms with Crippen molar-refractivity contribution >= 4 is 11.8 Å². The molecule has 0 unspecified atom stereocenters. The van der Waals surface area contributed by atoms with E-state index in [9.17, 15) is 9.18 Å². The van der Waals surface area contributed by atoms with Crippen molar-refractivity contribution in [2.24, 2.45) is 0 Å². The summed E-state index contributed by atoms with van der Waals surface area (Å²) in [6.07, 6.45) is 3.44. The second-order valence-electron chi connectivity index (χ2n) is 6.40.